The number of benzene rings is 1. The average molecular weight is 300 g/mol. The number of hydrogen-bond donors (Lipinski definition) is 2. The fourth-order valence-electron chi connectivity index (χ4n) is 4.46. The van der Waals surface area contributed by atoms with E-state index in [-0.39, 0.29) is 11.3 Å². The quantitative estimate of drug-likeness (QED) is 0.899. The van der Waals surface area contributed by atoms with Gasteiger partial charge in [-0.1, -0.05) is 31.0 Å². The lowest BCUT2D eigenvalue weighted by molar-refractivity contribution is -0.133. The van der Waals surface area contributed by atoms with Gasteiger partial charge in [-0.05, 0) is 31.4 Å². The summed E-state index contributed by atoms with van der Waals surface area (Å²) in [6.07, 6.45) is 6.54. The Morgan fingerprint density at radius 2 is 2.32 bits per heavy atom. The highest BCUT2D eigenvalue weighted by atomic mass is 16.5. The SMILES string of the molecule is O=C(NCc1cccc2c1OCC2)[C@@]12CCCC[C@@H]1NCC2. The van der Waals surface area contributed by atoms with Crippen LogP contribution in [0.2, 0.25) is 0 Å². The van der Waals surface area contributed by atoms with Crippen molar-refractivity contribution in [2.45, 2.75) is 51.1 Å². The largest absolute Gasteiger partial charge is 0.493 e. The first-order valence-corrected chi connectivity index (χ1v) is 8.55. The van der Waals surface area contributed by atoms with E-state index < -0.39 is 0 Å². The van der Waals surface area contributed by atoms with Gasteiger partial charge in [-0.2, -0.15) is 0 Å². The van der Waals surface area contributed by atoms with Crippen molar-refractivity contribution >= 4 is 5.91 Å². The number of carbonyl (C=O) groups is 1. The smallest absolute Gasteiger partial charge is 0.228 e. The Morgan fingerprint density at radius 3 is 3.27 bits per heavy atom. The monoisotopic (exact) mass is 300 g/mol. The van der Waals surface area contributed by atoms with E-state index in [0.717, 1.165) is 50.1 Å². The molecular weight excluding hydrogens is 276 g/mol. The van der Waals surface area contributed by atoms with Crippen molar-refractivity contribution in [1.82, 2.24) is 10.6 Å². The van der Waals surface area contributed by atoms with E-state index in [4.69, 9.17) is 4.74 Å². The maximum absolute atomic E-state index is 12.9. The van der Waals surface area contributed by atoms with E-state index in [9.17, 15) is 4.79 Å². The summed E-state index contributed by atoms with van der Waals surface area (Å²) in [5.74, 6) is 1.22. The van der Waals surface area contributed by atoms with Crippen LogP contribution in [0, 0.1) is 5.41 Å². The molecular formula is C18H24N2O2. The second kappa shape index (κ2) is 5.58. The van der Waals surface area contributed by atoms with Crippen LogP contribution >= 0.6 is 0 Å². The molecule has 0 radical (unpaired) electrons. The molecule has 1 aliphatic carbocycles. The van der Waals surface area contributed by atoms with Crippen LogP contribution < -0.4 is 15.4 Å². The summed E-state index contributed by atoms with van der Waals surface area (Å²) in [7, 11) is 0. The zero-order chi connectivity index (χ0) is 15.0. The second-order valence-corrected chi connectivity index (χ2v) is 6.85. The van der Waals surface area contributed by atoms with Crippen LogP contribution in [0.3, 0.4) is 0 Å². The third-order valence-electron chi connectivity index (χ3n) is 5.68. The Kier molecular flexibility index (Phi) is 3.57. The van der Waals surface area contributed by atoms with Crippen LogP contribution in [0.4, 0.5) is 0 Å². The summed E-state index contributed by atoms with van der Waals surface area (Å²) in [6.45, 7) is 2.31. The first-order valence-electron chi connectivity index (χ1n) is 8.55. The lowest BCUT2D eigenvalue weighted by atomic mass is 9.70. The minimum absolute atomic E-state index is 0.170. The second-order valence-electron chi connectivity index (χ2n) is 6.85. The molecule has 0 unspecified atom stereocenters. The van der Waals surface area contributed by atoms with E-state index in [1.165, 1.54) is 18.4 Å². The summed E-state index contributed by atoms with van der Waals surface area (Å²) in [6, 6.07) is 6.62. The van der Waals surface area contributed by atoms with Crippen molar-refractivity contribution in [3.05, 3.63) is 29.3 Å². The zero-order valence-electron chi connectivity index (χ0n) is 13.0. The fraction of sp³-hybridized carbons (Fsp3) is 0.611. The number of para-hydroxylation sites is 1. The summed E-state index contributed by atoms with van der Waals surface area (Å²) < 4.78 is 5.73. The molecule has 118 valence electrons. The van der Waals surface area contributed by atoms with Crippen molar-refractivity contribution in [2.24, 2.45) is 5.41 Å². The van der Waals surface area contributed by atoms with Crippen LogP contribution in [0.25, 0.3) is 0 Å². The van der Waals surface area contributed by atoms with E-state index in [1.54, 1.807) is 0 Å². The minimum atomic E-state index is -0.170. The Bertz CT molecular complexity index is 586. The van der Waals surface area contributed by atoms with E-state index in [0.29, 0.717) is 12.6 Å². The molecule has 4 heteroatoms. The topological polar surface area (TPSA) is 50.4 Å². The first kappa shape index (κ1) is 14.1. The van der Waals surface area contributed by atoms with Crippen LogP contribution in [0.15, 0.2) is 18.2 Å². The summed E-state index contributed by atoms with van der Waals surface area (Å²) in [5.41, 5.74) is 2.21. The van der Waals surface area contributed by atoms with Crippen molar-refractivity contribution in [3.8, 4) is 5.75 Å². The van der Waals surface area contributed by atoms with Crippen molar-refractivity contribution < 1.29 is 9.53 Å². The average Bonchev–Trinajstić information content (AvgIpc) is 3.19. The van der Waals surface area contributed by atoms with Gasteiger partial charge in [0, 0.05) is 24.6 Å². The number of fused-ring (bicyclic) bond motifs is 2. The number of hydrogen-bond acceptors (Lipinski definition) is 3. The number of ether oxygens (including phenoxy) is 1. The molecule has 1 saturated carbocycles. The lowest BCUT2D eigenvalue weighted by Crippen LogP contribution is -2.50. The highest BCUT2D eigenvalue weighted by Crippen LogP contribution is 2.43. The third-order valence-corrected chi connectivity index (χ3v) is 5.68. The maximum atomic E-state index is 12.9. The molecule has 4 rings (SSSR count). The predicted molar refractivity (Wildman–Crippen MR) is 84.8 cm³/mol. The molecule has 0 aromatic heterocycles. The molecule has 1 saturated heterocycles. The number of carbonyl (C=O) groups excluding carboxylic acids is 1. The minimum Gasteiger partial charge on any atom is -0.493 e. The molecule has 22 heavy (non-hydrogen) atoms. The number of nitrogens with one attached hydrogen (secondary N) is 2. The van der Waals surface area contributed by atoms with Gasteiger partial charge in [-0.25, -0.2) is 0 Å². The van der Waals surface area contributed by atoms with Crippen LogP contribution in [0.5, 0.6) is 5.75 Å². The molecule has 1 aromatic rings. The number of rotatable bonds is 3. The maximum Gasteiger partial charge on any atom is 0.228 e. The summed E-state index contributed by atoms with van der Waals surface area (Å²) >= 11 is 0. The summed E-state index contributed by atoms with van der Waals surface area (Å²) in [5, 5.41) is 6.74. The van der Waals surface area contributed by atoms with Crippen molar-refractivity contribution in [2.75, 3.05) is 13.2 Å². The molecule has 0 spiro atoms. The molecule has 2 heterocycles. The highest BCUT2D eigenvalue weighted by Gasteiger charge is 2.49. The van der Waals surface area contributed by atoms with Gasteiger partial charge in [-0.3, -0.25) is 4.79 Å². The van der Waals surface area contributed by atoms with Crippen molar-refractivity contribution in [1.29, 1.82) is 0 Å². The van der Waals surface area contributed by atoms with Gasteiger partial charge in [0.2, 0.25) is 5.91 Å². The zero-order valence-corrected chi connectivity index (χ0v) is 13.0. The van der Waals surface area contributed by atoms with Gasteiger partial charge in [0.15, 0.2) is 0 Å². The fourth-order valence-corrected chi connectivity index (χ4v) is 4.46. The highest BCUT2D eigenvalue weighted by molar-refractivity contribution is 5.84. The molecule has 3 aliphatic rings. The molecule has 1 aromatic carbocycles. The molecule has 2 fully saturated rings. The Hall–Kier alpha value is -1.55. The van der Waals surface area contributed by atoms with Crippen LogP contribution in [-0.2, 0) is 17.8 Å². The predicted octanol–water partition coefficient (Wildman–Crippen LogP) is 2.16. The van der Waals surface area contributed by atoms with E-state index in [1.807, 2.05) is 0 Å². The van der Waals surface area contributed by atoms with Gasteiger partial charge in [-0.15, -0.1) is 0 Å². The van der Waals surface area contributed by atoms with Crippen LogP contribution in [-0.4, -0.2) is 25.1 Å². The van der Waals surface area contributed by atoms with Gasteiger partial charge in [0.05, 0.1) is 12.0 Å². The normalized spacial score (nSPS) is 29.5. The Labute approximate surface area is 131 Å². The lowest BCUT2D eigenvalue weighted by Gasteiger charge is -2.37. The van der Waals surface area contributed by atoms with Gasteiger partial charge >= 0.3 is 0 Å². The molecule has 4 nitrogen and oxygen atoms in total. The number of amides is 1. The van der Waals surface area contributed by atoms with Crippen molar-refractivity contribution in [3.63, 3.8) is 0 Å². The molecule has 2 atom stereocenters. The molecule has 2 N–H and O–H groups in total. The Balaban J connectivity index is 1.48. The molecule has 1 amide bonds. The van der Waals surface area contributed by atoms with E-state index in [2.05, 4.69) is 28.8 Å². The first-order chi connectivity index (χ1) is 10.8. The summed E-state index contributed by atoms with van der Waals surface area (Å²) in [4.78, 5) is 12.9. The van der Waals surface area contributed by atoms with Gasteiger partial charge in [0.1, 0.15) is 5.75 Å². The molecule has 0 bridgehead atoms. The molecule has 2 aliphatic heterocycles. The Morgan fingerprint density at radius 1 is 1.36 bits per heavy atom. The third kappa shape index (κ3) is 2.21. The van der Waals surface area contributed by atoms with Gasteiger partial charge in [0.25, 0.3) is 0 Å². The van der Waals surface area contributed by atoms with Gasteiger partial charge < -0.3 is 15.4 Å². The van der Waals surface area contributed by atoms with E-state index >= 15 is 0 Å². The van der Waals surface area contributed by atoms with Crippen LogP contribution in [0.1, 0.15) is 43.2 Å². The standard InChI is InChI=1S/C18H24N2O2/c21-17(18-8-2-1-6-15(18)19-10-9-18)20-12-14-5-3-4-13-7-11-22-16(13)14/h3-5,15,19H,1-2,6-12H2,(H,20,21)/t15-,18+/m0/s1.